The average Bonchev–Trinajstić information content (AvgIpc) is 2.29. The van der Waals surface area contributed by atoms with E-state index in [0.717, 1.165) is 11.3 Å². The van der Waals surface area contributed by atoms with Crippen LogP contribution in [0, 0.1) is 0 Å². The molecule has 0 aliphatic heterocycles. The van der Waals surface area contributed by atoms with Gasteiger partial charge in [0.15, 0.2) is 0 Å². The fourth-order valence-corrected chi connectivity index (χ4v) is 1.33. The maximum absolute atomic E-state index is 9.79. The van der Waals surface area contributed by atoms with Crippen LogP contribution in [0.25, 0.3) is 0 Å². The predicted octanol–water partition coefficient (Wildman–Crippen LogP) is 2.16. The molecule has 1 unspecified atom stereocenters. The second kappa shape index (κ2) is 6.43. The number of ether oxygens (including phenoxy) is 2. The van der Waals surface area contributed by atoms with E-state index in [1.54, 1.807) is 7.11 Å². The van der Waals surface area contributed by atoms with Crippen molar-refractivity contribution in [2.75, 3.05) is 20.3 Å². The van der Waals surface area contributed by atoms with E-state index in [0.29, 0.717) is 19.6 Å². The highest BCUT2D eigenvalue weighted by Crippen LogP contribution is 2.19. The zero-order valence-corrected chi connectivity index (χ0v) is 9.27. The lowest BCUT2D eigenvalue weighted by Gasteiger charge is -2.11. The van der Waals surface area contributed by atoms with Crippen LogP contribution in [0.3, 0.4) is 0 Å². The van der Waals surface area contributed by atoms with Crippen molar-refractivity contribution in [1.82, 2.24) is 0 Å². The molecule has 0 aromatic heterocycles. The van der Waals surface area contributed by atoms with Gasteiger partial charge in [0, 0.05) is 19.6 Å². The summed E-state index contributed by atoms with van der Waals surface area (Å²) in [5, 5.41) is 9.79. The number of benzene rings is 1. The molecule has 3 nitrogen and oxygen atoms in total. The van der Waals surface area contributed by atoms with E-state index >= 15 is 0 Å². The van der Waals surface area contributed by atoms with Crippen LogP contribution < -0.4 is 4.74 Å². The minimum Gasteiger partial charge on any atom is -0.497 e. The van der Waals surface area contributed by atoms with E-state index in [4.69, 9.17) is 9.47 Å². The maximum atomic E-state index is 9.79. The van der Waals surface area contributed by atoms with Gasteiger partial charge in [0.25, 0.3) is 0 Å². The molecule has 84 valence electrons. The first-order chi connectivity index (χ1) is 7.27. The fraction of sp³-hybridized carbons (Fsp3) is 0.500. The van der Waals surface area contributed by atoms with Gasteiger partial charge in [-0.3, -0.25) is 0 Å². The molecule has 1 aromatic carbocycles. The van der Waals surface area contributed by atoms with Gasteiger partial charge in [-0.2, -0.15) is 0 Å². The number of rotatable bonds is 6. The minimum atomic E-state index is -0.456. The molecule has 1 atom stereocenters. The molecule has 0 heterocycles. The first-order valence-corrected chi connectivity index (χ1v) is 5.17. The van der Waals surface area contributed by atoms with Crippen molar-refractivity contribution in [3.05, 3.63) is 29.8 Å². The topological polar surface area (TPSA) is 38.7 Å². The maximum Gasteiger partial charge on any atom is 0.118 e. The van der Waals surface area contributed by atoms with Crippen molar-refractivity contribution in [3.8, 4) is 5.75 Å². The summed E-state index contributed by atoms with van der Waals surface area (Å²) in [5.74, 6) is 0.802. The number of hydrogen-bond acceptors (Lipinski definition) is 3. The van der Waals surface area contributed by atoms with Crippen LogP contribution in [0.2, 0.25) is 0 Å². The van der Waals surface area contributed by atoms with Crippen LogP contribution in [-0.4, -0.2) is 25.4 Å². The van der Waals surface area contributed by atoms with Crippen molar-refractivity contribution in [1.29, 1.82) is 0 Å². The first-order valence-electron chi connectivity index (χ1n) is 5.17. The third kappa shape index (κ3) is 3.90. The van der Waals surface area contributed by atoms with Crippen LogP contribution in [0.15, 0.2) is 24.3 Å². The molecule has 0 aliphatic rings. The van der Waals surface area contributed by atoms with Crippen molar-refractivity contribution in [2.24, 2.45) is 0 Å². The molecule has 1 rings (SSSR count). The summed E-state index contributed by atoms with van der Waals surface area (Å²) in [7, 11) is 1.63. The van der Waals surface area contributed by atoms with Gasteiger partial charge in [-0.15, -0.1) is 0 Å². The summed E-state index contributed by atoms with van der Waals surface area (Å²) < 4.78 is 10.2. The van der Waals surface area contributed by atoms with Crippen LogP contribution in [-0.2, 0) is 4.74 Å². The van der Waals surface area contributed by atoms with Crippen LogP contribution >= 0.6 is 0 Å². The van der Waals surface area contributed by atoms with E-state index in [2.05, 4.69) is 0 Å². The van der Waals surface area contributed by atoms with Gasteiger partial charge in [-0.25, -0.2) is 0 Å². The van der Waals surface area contributed by atoms with Gasteiger partial charge in [0.2, 0.25) is 0 Å². The smallest absolute Gasteiger partial charge is 0.118 e. The molecular formula is C12H18O3. The summed E-state index contributed by atoms with van der Waals surface area (Å²) >= 11 is 0. The molecule has 1 aromatic rings. The number of hydrogen-bond donors (Lipinski definition) is 1. The molecule has 15 heavy (non-hydrogen) atoms. The quantitative estimate of drug-likeness (QED) is 0.731. The van der Waals surface area contributed by atoms with E-state index < -0.39 is 6.10 Å². The number of methoxy groups -OCH3 is 1. The lowest BCUT2D eigenvalue weighted by Crippen LogP contribution is -2.03. The van der Waals surface area contributed by atoms with Crippen molar-refractivity contribution in [2.45, 2.75) is 19.4 Å². The molecule has 0 fully saturated rings. The Labute approximate surface area is 90.6 Å². The Bertz CT molecular complexity index is 269. The third-order valence-electron chi connectivity index (χ3n) is 2.24. The van der Waals surface area contributed by atoms with Crippen molar-refractivity contribution >= 4 is 0 Å². The SMILES string of the molecule is CCOCCC(O)c1ccc(OC)cc1. The highest BCUT2D eigenvalue weighted by atomic mass is 16.5. The first kappa shape index (κ1) is 12.0. The summed E-state index contributed by atoms with van der Waals surface area (Å²) in [4.78, 5) is 0. The Morgan fingerprint density at radius 1 is 1.27 bits per heavy atom. The van der Waals surface area contributed by atoms with E-state index in [9.17, 15) is 5.11 Å². The Morgan fingerprint density at radius 2 is 1.93 bits per heavy atom. The highest BCUT2D eigenvalue weighted by Gasteiger charge is 2.06. The fourth-order valence-electron chi connectivity index (χ4n) is 1.33. The van der Waals surface area contributed by atoms with Gasteiger partial charge in [-0.1, -0.05) is 12.1 Å². The number of aliphatic hydroxyl groups excluding tert-OH is 1. The monoisotopic (exact) mass is 210 g/mol. The second-order valence-corrected chi connectivity index (χ2v) is 3.27. The van der Waals surface area contributed by atoms with Crippen molar-refractivity contribution in [3.63, 3.8) is 0 Å². The van der Waals surface area contributed by atoms with Crippen molar-refractivity contribution < 1.29 is 14.6 Å². The summed E-state index contributed by atoms with van der Waals surface area (Å²) in [5.41, 5.74) is 0.899. The Hall–Kier alpha value is -1.06. The standard InChI is InChI=1S/C12H18O3/c1-3-15-9-8-12(13)10-4-6-11(14-2)7-5-10/h4-7,12-13H,3,8-9H2,1-2H3. The molecule has 0 aliphatic carbocycles. The van der Waals surface area contributed by atoms with Gasteiger partial charge in [0.1, 0.15) is 5.75 Å². The molecule has 0 bridgehead atoms. The van der Waals surface area contributed by atoms with Gasteiger partial charge < -0.3 is 14.6 Å². The number of aliphatic hydroxyl groups is 1. The Kier molecular flexibility index (Phi) is 5.15. The van der Waals surface area contributed by atoms with E-state index in [-0.39, 0.29) is 0 Å². The molecular weight excluding hydrogens is 192 g/mol. The lowest BCUT2D eigenvalue weighted by atomic mass is 10.1. The molecule has 0 amide bonds. The summed E-state index contributed by atoms with van der Waals surface area (Å²) in [6, 6.07) is 7.43. The minimum absolute atomic E-state index is 0.456. The van der Waals surface area contributed by atoms with Gasteiger partial charge in [0.05, 0.1) is 13.2 Å². The van der Waals surface area contributed by atoms with E-state index in [1.165, 1.54) is 0 Å². The third-order valence-corrected chi connectivity index (χ3v) is 2.24. The molecule has 3 heteroatoms. The zero-order valence-electron chi connectivity index (χ0n) is 9.27. The summed E-state index contributed by atoms with van der Waals surface area (Å²) in [6.07, 6.45) is 0.169. The van der Waals surface area contributed by atoms with E-state index in [1.807, 2.05) is 31.2 Å². The largest absolute Gasteiger partial charge is 0.497 e. The predicted molar refractivity (Wildman–Crippen MR) is 59.1 cm³/mol. The highest BCUT2D eigenvalue weighted by molar-refractivity contribution is 5.28. The normalized spacial score (nSPS) is 12.5. The second-order valence-electron chi connectivity index (χ2n) is 3.27. The molecule has 0 spiro atoms. The molecule has 0 radical (unpaired) electrons. The summed E-state index contributed by atoms with van der Waals surface area (Å²) in [6.45, 7) is 3.22. The Morgan fingerprint density at radius 3 is 2.47 bits per heavy atom. The Balaban J connectivity index is 2.46. The average molecular weight is 210 g/mol. The van der Waals surface area contributed by atoms with Gasteiger partial charge in [-0.05, 0) is 24.6 Å². The van der Waals surface area contributed by atoms with Crippen LogP contribution in [0.4, 0.5) is 0 Å². The lowest BCUT2D eigenvalue weighted by molar-refractivity contribution is 0.0886. The van der Waals surface area contributed by atoms with Gasteiger partial charge >= 0.3 is 0 Å². The van der Waals surface area contributed by atoms with Crippen LogP contribution in [0.5, 0.6) is 5.75 Å². The molecule has 0 saturated carbocycles. The van der Waals surface area contributed by atoms with Crippen LogP contribution in [0.1, 0.15) is 25.0 Å². The molecule has 0 saturated heterocycles. The molecule has 1 N–H and O–H groups in total. The zero-order chi connectivity index (χ0) is 11.1.